The molecule has 0 rings (SSSR count). The summed E-state index contributed by atoms with van der Waals surface area (Å²) in [4.78, 5) is 21.4. The molecule has 0 spiro atoms. The fraction of sp³-hybridized carbons (Fsp3) is 0.750. The Labute approximate surface area is 77.8 Å². The van der Waals surface area contributed by atoms with Crippen molar-refractivity contribution >= 4 is 11.8 Å². The third-order valence-electron chi connectivity index (χ3n) is 1.67. The van der Waals surface area contributed by atoms with Gasteiger partial charge in [0.05, 0.1) is 0 Å². The summed E-state index contributed by atoms with van der Waals surface area (Å²) in [6.45, 7) is 2.21. The average Bonchev–Trinajstić information content (AvgIpc) is 2.03. The second-order valence-electron chi connectivity index (χ2n) is 2.94. The van der Waals surface area contributed by atoms with Gasteiger partial charge in [-0.2, -0.15) is 0 Å². The Morgan fingerprint density at radius 2 is 2.08 bits per heavy atom. The zero-order valence-corrected chi connectivity index (χ0v) is 7.88. The van der Waals surface area contributed by atoms with Gasteiger partial charge in [0.15, 0.2) is 0 Å². The second-order valence-corrected chi connectivity index (χ2v) is 2.94. The van der Waals surface area contributed by atoms with Gasteiger partial charge in [0.25, 0.3) is 0 Å². The minimum atomic E-state index is -0.417. The van der Waals surface area contributed by atoms with Crippen molar-refractivity contribution in [1.82, 2.24) is 5.32 Å². The lowest BCUT2D eigenvalue weighted by atomic mass is 10.1. The van der Waals surface area contributed by atoms with E-state index in [0.29, 0.717) is 13.0 Å². The topological polar surface area (TPSA) is 98.2 Å². The molecule has 13 heavy (non-hydrogen) atoms. The van der Waals surface area contributed by atoms with Gasteiger partial charge in [-0.05, 0) is 6.42 Å². The van der Waals surface area contributed by atoms with Crippen molar-refractivity contribution in [3.8, 4) is 0 Å². The quantitative estimate of drug-likeness (QED) is 0.503. The fourth-order valence-electron chi connectivity index (χ4n) is 0.780. The standard InChI is InChI=1S/C8H17N3O2/c1-2-6(9)5-8(13)11-4-3-7(10)12/h6H,2-5,9H2,1H3,(H2,10,12)(H,11,13). The van der Waals surface area contributed by atoms with E-state index in [2.05, 4.69) is 5.32 Å². The van der Waals surface area contributed by atoms with Gasteiger partial charge in [-0.3, -0.25) is 9.59 Å². The first-order chi connectivity index (χ1) is 6.06. The summed E-state index contributed by atoms with van der Waals surface area (Å²) in [6, 6.07) is -0.103. The van der Waals surface area contributed by atoms with Crippen molar-refractivity contribution in [2.45, 2.75) is 32.2 Å². The molecule has 0 aliphatic rings. The van der Waals surface area contributed by atoms with Gasteiger partial charge >= 0.3 is 0 Å². The van der Waals surface area contributed by atoms with Crippen molar-refractivity contribution in [3.63, 3.8) is 0 Å². The summed E-state index contributed by atoms with van der Waals surface area (Å²) in [5.74, 6) is -0.546. The zero-order valence-electron chi connectivity index (χ0n) is 7.88. The molecule has 0 aromatic carbocycles. The Balaban J connectivity index is 3.46. The normalized spacial score (nSPS) is 12.2. The van der Waals surface area contributed by atoms with Crippen LogP contribution in [0.25, 0.3) is 0 Å². The van der Waals surface area contributed by atoms with Gasteiger partial charge in [-0.25, -0.2) is 0 Å². The van der Waals surface area contributed by atoms with Crippen molar-refractivity contribution in [2.75, 3.05) is 6.54 Å². The molecule has 0 saturated heterocycles. The predicted molar refractivity (Wildman–Crippen MR) is 49.7 cm³/mol. The molecule has 1 atom stereocenters. The monoisotopic (exact) mass is 187 g/mol. The number of primary amides is 1. The van der Waals surface area contributed by atoms with E-state index in [0.717, 1.165) is 6.42 Å². The number of rotatable bonds is 6. The number of carbonyl (C=O) groups excluding carboxylic acids is 2. The molecule has 2 amide bonds. The number of nitrogens with two attached hydrogens (primary N) is 2. The van der Waals surface area contributed by atoms with E-state index in [1.165, 1.54) is 0 Å². The SMILES string of the molecule is CCC(N)CC(=O)NCCC(N)=O. The summed E-state index contributed by atoms with van der Waals surface area (Å²) in [6.07, 6.45) is 1.24. The summed E-state index contributed by atoms with van der Waals surface area (Å²) in [5, 5.41) is 2.56. The highest BCUT2D eigenvalue weighted by Gasteiger charge is 2.06. The molecule has 0 heterocycles. The molecule has 5 heteroatoms. The molecule has 76 valence electrons. The van der Waals surface area contributed by atoms with Gasteiger partial charge in [0.2, 0.25) is 11.8 Å². The van der Waals surface area contributed by atoms with Crippen LogP contribution >= 0.6 is 0 Å². The van der Waals surface area contributed by atoms with Gasteiger partial charge in [0.1, 0.15) is 0 Å². The molecule has 0 aliphatic heterocycles. The number of carbonyl (C=O) groups is 2. The number of hydrogen-bond acceptors (Lipinski definition) is 3. The molecule has 0 bridgehead atoms. The first-order valence-electron chi connectivity index (χ1n) is 4.36. The predicted octanol–water partition coefficient (Wildman–Crippen LogP) is -0.895. The molecule has 0 aromatic rings. The third-order valence-corrected chi connectivity index (χ3v) is 1.67. The first-order valence-corrected chi connectivity index (χ1v) is 4.36. The minimum Gasteiger partial charge on any atom is -0.370 e. The Morgan fingerprint density at radius 1 is 1.46 bits per heavy atom. The zero-order chi connectivity index (χ0) is 10.3. The molecular weight excluding hydrogens is 170 g/mol. The lowest BCUT2D eigenvalue weighted by molar-refractivity contribution is -0.121. The smallest absolute Gasteiger partial charge is 0.221 e. The van der Waals surface area contributed by atoms with Crippen molar-refractivity contribution < 1.29 is 9.59 Å². The molecule has 1 unspecified atom stereocenters. The maximum absolute atomic E-state index is 11.1. The molecule has 0 fully saturated rings. The number of amides is 2. The number of hydrogen-bond donors (Lipinski definition) is 3. The highest BCUT2D eigenvalue weighted by Crippen LogP contribution is 1.92. The Bertz CT molecular complexity index is 182. The fourth-order valence-corrected chi connectivity index (χ4v) is 0.780. The van der Waals surface area contributed by atoms with Gasteiger partial charge in [-0.1, -0.05) is 6.92 Å². The van der Waals surface area contributed by atoms with Crippen LogP contribution in [0, 0.1) is 0 Å². The Kier molecular flexibility index (Phi) is 5.88. The Hall–Kier alpha value is -1.10. The van der Waals surface area contributed by atoms with Crippen LogP contribution in [0.5, 0.6) is 0 Å². The van der Waals surface area contributed by atoms with E-state index in [1.54, 1.807) is 0 Å². The molecule has 5 nitrogen and oxygen atoms in total. The highest BCUT2D eigenvalue weighted by atomic mass is 16.2. The second kappa shape index (κ2) is 6.42. The van der Waals surface area contributed by atoms with Crippen LogP contribution in [0.1, 0.15) is 26.2 Å². The molecule has 5 N–H and O–H groups in total. The molecule has 0 aliphatic carbocycles. The van der Waals surface area contributed by atoms with Gasteiger partial charge < -0.3 is 16.8 Å². The van der Waals surface area contributed by atoms with Crippen LogP contribution in [-0.2, 0) is 9.59 Å². The Morgan fingerprint density at radius 3 is 2.54 bits per heavy atom. The summed E-state index contributed by atoms with van der Waals surface area (Å²) >= 11 is 0. The third kappa shape index (κ3) is 7.27. The maximum atomic E-state index is 11.1. The van der Waals surface area contributed by atoms with Crippen LogP contribution < -0.4 is 16.8 Å². The summed E-state index contributed by atoms with van der Waals surface area (Å²) < 4.78 is 0. The average molecular weight is 187 g/mol. The maximum Gasteiger partial charge on any atom is 0.221 e. The number of nitrogens with one attached hydrogen (secondary N) is 1. The summed E-state index contributed by atoms with van der Waals surface area (Å²) in [5.41, 5.74) is 10.4. The summed E-state index contributed by atoms with van der Waals surface area (Å²) in [7, 11) is 0. The molecule has 0 saturated carbocycles. The van der Waals surface area contributed by atoms with Crippen LogP contribution in [0.4, 0.5) is 0 Å². The van der Waals surface area contributed by atoms with Gasteiger partial charge in [0, 0.05) is 25.4 Å². The van der Waals surface area contributed by atoms with E-state index in [1.807, 2.05) is 6.92 Å². The van der Waals surface area contributed by atoms with E-state index in [9.17, 15) is 9.59 Å². The van der Waals surface area contributed by atoms with Gasteiger partial charge in [-0.15, -0.1) is 0 Å². The molecule has 0 aromatic heterocycles. The first kappa shape index (κ1) is 11.9. The minimum absolute atomic E-state index is 0.103. The lowest BCUT2D eigenvalue weighted by Crippen LogP contribution is -2.33. The van der Waals surface area contributed by atoms with Crippen LogP contribution in [0.3, 0.4) is 0 Å². The van der Waals surface area contributed by atoms with Crippen molar-refractivity contribution in [2.24, 2.45) is 11.5 Å². The van der Waals surface area contributed by atoms with Crippen LogP contribution in [0.15, 0.2) is 0 Å². The molecule has 0 radical (unpaired) electrons. The van der Waals surface area contributed by atoms with E-state index in [-0.39, 0.29) is 18.4 Å². The van der Waals surface area contributed by atoms with Crippen molar-refractivity contribution in [3.05, 3.63) is 0 Å². The highest BCUT2D eigenvalue weighted by molar-refractivity contribution is 5.78. The van der Waals surface area contributed by atoms with Crippen molar-refractivity contribution in [1.29, 1.82) is 0 Å². The van der Waals surface area contributed by atoms with Crippen LogP contribution in [-0.4, -0.2) is 24.4 Å². The lowest BCUT2D eigenvalue weighted by Gasteiger charge is -2.08. The van der Waals surface area contributed by atoms with E-state index in [4.69, 9.17) is 11.5 Å². The van der Waals surface area contributed by atoms with E-state index >= 15 is 0 Å². The molecular formula is C8H17N3O2. The van der Waals surface area contributed by atoms with Crippen LogP contribution in [0.2, 0.25) is 0 Å². The van der Waals surface area contributed by atoms with E-state index < -0.39 is 5.91 Å². The largest absolute Gasteiger partial charge is 0.370 e.